The largest absolute Gasteiger partial charge is 0.465 e. The molecule has 0 amide bonds. The van der Waals surface area contributed by atoms with Gasteiger partial charge in [0.15, 0.2) is 0 Å². The van der Waals surface area contributed by atoms with Crippen molar-refractivity contribution in [3.8, 4) is 11.4 Å². The number of methoxy groups -OCH3 is 1. The van der Waals surface area contributed by atoms with Crippen LogP contribution in [0.25, 0.3) is 33.3 Å². The van der Waals surface area contributed by atoms with Crippen LogP contribution in [0.15, 0.2) is 47.3 Å². The maximum atomic E-state index is 13.1. The van der Waals surface area contributed by atoms with Gasteiger partial charge in [0.25, 0.3) is 5.56 Å². The van der Waals surface area contributed by atoms with E-state index in [2.05, 4.69) is 16.0 Å². The number of rotatable bonds is 2. The van der Waals surface area contributed by atoms with Crippen LogP contribution in [0, 0.1) is 0 Å². The third-order valence-electron chi connectivity index (χ3n) is 5.18. The van der Waals surface area contributed by atoms with Gasteiger partial charge in [-0.15, -0.1) is 0 Å². The molecule has 6 nitrogen and oxygen atoms in total. The van der Waals surface area contributed by atoms with Gasteiger partial charge < -0.3 is 14.3 Å². The lowest BCUT2D eigenvalue weighted by molar-refractivity contribution is 0.0601. The number of benzene rings is 2. The first-order valence-corrected chi connectivity index (χ1v) is 8.89. The number of carbonyl (C=O) groups is 1. The molecule has 0 saturated carbocycles. The summed E-state index contributed by atoms with van der Waals surface area (Å²) in [5, 5.41) is 1.04. The zero-order valence-corrected chi connectivity index (χ0v) is 14.8. The van der Waals surface area contributed by atoms with E-state index in [0.717, 1.165) is 23.7 Å². The van der Waals surface area contributed by atoms with E-state index >= 15 is 0 Å². The molecule has 0 spiro atoms. The van der Waals surface area contributed by atoms with Crippen LogP contribution >= 0.6 is 0 Å². The molecule has 4 aromatic rings. The van der Waals surface area contributed by atoms with E-state index in [1.54, 1.807) is 18.2 Å². The Morgan fingerprint density at radius 1 is 1.22 bits per heavy atom. The minimum Gasteiger partial charge on any atom is -0.465 e. The summed E-state index contributed by atoms with van der Waals surface area (Å²) in [4.78, 5) is 32.6. The molecule has 6 heteroatoms. The van der Waals surface area contributed by atoms with Gasteiger partial charge in [-0.25, -0.2) is 9.78 Å². The Bertz CT molecular complexity index is 1280. The van der Waals surface area contributed by atoms with Crippen molar-refractivity contribution in [3.63, 3.8) is 0 Å². The highest BCUT2D eigenvalue weighted by Crippen LogP contribution is 2.27. The summed E-state index contributed by atoms with van der Waals surface area (Å²) < 4.78 is 6.62. The van der Waals surface area contributed by atoms with Crippen molar-refractivity contribution in [3.05, 3.63) is 63.9 Å². The van der Waals surface area contributed by atoms with Gasteiger partial charge >= 0.3 is 5.97 Å². The molecule has 5 rings (SSSR count). The number of para-hydroxylation sites is 1. The lowest BCUT2D eigenvalue weighted by Gasteiger charge is -2.19. The van der Waals surface area contributed by atoms with Gasteiger partial charge in [0, 0.05) is 6.54 Å². The van der Waals surface area contributed by atoms with Gasteiger partial charge in [-0.3, -0.25) is 4.79 Å². The second kappa shape index (κ2) is 5.81. The summed E-state index contributed by atoms with van der Waals surface area (Å²) >= 11 is 0. The monoisotopic (exact) mass is 359 g/mol. The molecule has 0 bridgehead atoms. The van der Waals surface area contributed by atoms with E-state index in [9.17, 15) is 9.59 Å². The van der Waals surface area contributed by atoms with Crippen molar-refractivity contribution in [1.82, 2.24) is 14.5 Å². The molecule has 3 heterocycles. The number of aryl methyl sites for hydroxylation is 2. The van der Waals surface area contributed by atoms with Crippen LogP contribution in [0.4, 0.5) is 0 Å². The number of carbonyl (C=O) groups excluding carboxylic acids is 1. The molecule has 1 N–H and O–H groups in total. The molecular formula is C21H17N3O3. The van der Waals surface area contributed by atoms with Crippen LogP contribution in [0.1, 0.15) is 22.3 Å². The molecule has 0 fully saturated rings. The Morgan fingerprint density at radius 3 is 2.96 bits per heavy atom. The molecule has 0 aliphatic carbocycles. The molecule has 1 aliphatic heterocycles. The van der Waals surface area contributed by atoms with Crippen LogP contribution in [0.2, 0.25) is 0 Å². The third kappa shape index (κ3) is 2.37. The molecule has 0 radical (unpaired) electrons. The molecule has 0 saturated heterocycles. The van der Waals surface area contributed by atoms with Crippen LogP contribution in [-0.2, 0) is 17.7 Å². The number of esters is 1. The summed E-state index contributed by atoms with van der Waals surface area (Å²) in [6.45, 7) is 0.715. The highest BCUT2D eigenvalue weighted by Gasteiger charge is 2.19. The number of aromatic nitrogens is 3. The van der Waals surface area contributed by atoms with Crippen molar-refractivity contribution in [2.75, 3.05) is 7.11 Å². The van der Waals surface area contributed by atoms with Crippen LogP contribution < -0.4 is 5.56 Å². The summed E-state index contributed by atoms with van der Waals surface area (Å²) in [5.74, 6) is 0.106. The second-order valence-electron chi connectivity index (χ2n) is 6.78. The van der Waals surface area contributed by atoms with Crippen LogP contribution in [-0.4, -0.2) is 27.6 Å². The number of aromatic amines is 1. The summed E-state index contributed by atoms with van der Waals surface area (Å²) in [7, 11) is 1.35. The van der Waals surface area contributed by atoms with E-state index in [0.29, 0.717) is 34.5 Å². The quantitative estimate of drug-likeness (QED) is 0.557. The fourth-order valence-electron chi connectivity index (χ4n) is 3.92. The lowest BCUT2D eigenvalue weighted by atomic mass is 10.00. The van der Waals surface area contributed by atoms with E-state index in [4.69, 9.17) is 4.74 Å². The molecule has 0 unspecified atom stereocenters. The zero-order valence-electron chi connectivity index (χ0n) is 14.8. The van der Waals surface area contributed by atoms with Crippen molar-refractivity contribution in [2.24, 2.45) is 0 Å². The first kappa shape index (κ1) is 15.8. The fraction of sp³-hybridized carbons (Fsp3) is 0.190. The fourth-order valence-corrected chi connectivity index (χ4v) is 3.92. The molecule has 27 heavy (non-hydrogen) atoms. The van der Waals surface area contributed by atoms with Gasteiger partial charge in [-0.2, -0.15) is 0 Å². The van der Waals surface area contributed by atoms with Crippen molar-refractivity contribution in [1.29, 1.82) is 0 Å². The Kier molecular flexibility index (Phi) is 3.40. The van der Waals surface area contributed by atoms with E-state index in [1.807, 2.05) is 22.8 Å². The average molecular weight is 359 g/mol. The number of nitrogens with zero attached hydrogens (tertiary/aromatic N) is 2. The predicted molar refractivity (Wildman–Crippen MR) is 103 cm³/mol. The second-order valence-corrected chi connectivity index (χ2v) is 6.78. The third-order valence-corrected chi connectivity index (χ3v) is 5.18. The van der Waals surface area contributed by atoms with Crippen LogP contribution in [0.5, 0.6) is 0 Å². The zero-order chi connectivity index (χ0) is 18.5. The van der Waals surface area contributed by atoms with Gasteiger partial charge in [0.05, 0.1) is 34.8 Å². The highest BCUT2D eigenvalue weighted by atomic mass is 16.5. The van der Waals surface area contributed by atoms with Crippen molar-refractivity contribution >= 4 is 27.9 Å². The molecule has 1 aliphatic rings. The number of pyridine rings is 1. The standard InChI is InChI=1S/C21H17N3O3/c1-27-21(26)14-7-8-16-17(11-14)23-19(22-16)15-10-13-5-2-4-12-6-3-9-24(18(12)13)20(15)25/h2,4-5,7-8,10-11H,3,6,9H2,1H3,(H,22,23). The minimum absolute atomic E-state index is 0.0399. The molecule has 2 aromatic carbocycles. The Balaban J connectivity index is 1.73. The number of fused-ring (bicyclic) bond motifs is 1. The normalized spacial score (nSPS) is 13.2. The SMILES string of the molecule is COC(=O)c1ccc2nc(-c3cc4cccc5c4n(c3=O)CCC5)[nH]c2c1. The highest BCUT2D eigenvalue weighted by molar-refractivity contribution is 5.94. The minimum atomic E-state index is -0.407. The average Bonchev–Trinajstić information content (AvgIpc) is 3.13. The Hall–Kier alpha value is -3.41. The first-order valence-electron chi connectivity index (χ1n) is 8.89. The Labute approximate surface area is 154 Å². The number of nitrogens with one attached hydrogen (secondary N) is 1. The maximum Gasteiger partial charge on any atom is 0.337 e. The van der Waals surface area contributed by atoms with Crippen LogP contribution in [0.3, 0.4) is 0 Å². The maximum absolute atomic E-state index is 13.1. The molecule has 0 atom stereocenters. The van der Waals surface area contributed by atoms with Gasteiger partial charge in [0.2, 0.25) is 0 Å². The molecule has 2 aromatic heterocycles. The summed E-state index contributed by atoms with van der Waals surface area (Å²) in [5.41, 5.74) is 4.58. The number of imidazole rings is 1. The lowest BCUT2D eigenvalue weighted by Crippen LogP contribution is -2.26. The molecule has 134 valence electrons. The number of hydrogen-bond donors (Lipinski definition) is 1. The Morgan fingerprint density at radius 2 is 2.11 bits per heavy atom. The molecular weight excluding hydrogens is 342 g/mol. The first-order chi connectivity index (χ1) is 13.2. The van der Waals surface area contributed by atoms with Crippen molar-refractivity contribution < 1.29 is 9.53 Å². The van der Waals surface area contributed by atoms with E-state index in [1.165, 1.54) is 12.7 Å². The van der Waals surface area contributed by atoms with Crippen molar-refractivity contribution in [2.45, 2.75) is 19.4 Å². The number of H-pyrrole nitrogens is 1. The summed E-state index contributed by atoms with van der Waals surface area (Å²) in [6.07, 6.45) is 1.95. The topological polar surface area (TPSA) is 77.0 Å². The van der Waals surface area contributed by atoms with E-state index in [-0.39, 0.29) is 5.56 Å². The summed E-state index contributed by atoms with van der Waals surface area (Å²) in [6, 6.07) is 13.2. The van der Waals surface area contributed by atoms with Gasteiger partial charge in [-0.05, 0) is 48.1 Å². The number of ether oxygens (including phenoxy) is 1. The smallest absolute Gasteiger partial charge is 0.337 e. The predicted octanol–water partition coefficient (Wildman–Crippen LogP) is 3.28. The van der Waals surface area contributed by atoms with Gasteiger partial charge in [-0.1, -0.05) is 18.2 Å². The number of hydrogen-bond acceptors (Lipinski definition) is 4. The van der Waals surface area contributed by atoms with Gasteiger partial charge in [0.1, 0.15) is 5.82 Å². The van der Waals surface area contributed by atoms with E-state index < -0.39 is 5.97 Å².